The van der Waals surface area contributed by atoms with Gasteiger partial charge in [0, 0.05) is 11.2 Å². The molecule has 6 heteroatoms. The van der Waals surface area contributed by atoms with E-state index in [1.54, 1.807) is 12.1 Å². The third-order valence-electron chi connectivity index (χ3n) is 3.00. The van der Waals surface area contributed by atoms with Crippen LogP contribution in [0.3, 0.4) is 0 Å². The molecule has 0 aromatic heterocycles. The molecule has 1 aromatic carbocycles. The maximum Gasteiger partial charge on any atom is 0.242 e. The van der Waals surface area contributed by atoms with Crippen LogP contribution in [0.1, 0.15) is 19.8 Å². The van der Waals surface area contributed by atoms with E-state index in [0.29, 0.717) is 11.4 Å². The van der Waals surface area contributed by atoms with Crippen molar-refractivity contribution >= 4 is 21.4 Å². The first-order valence-electron chi connectivity index (χ1n) is 5.48. The molecule has 0 unspecified atom stereocenters. The maximum atomic E-state index is 11.9. The van der Waals surface area contributed by atoms with Gasteiger partial charge in [-0.15, -0.1) is 0 Å². The first-order valence-corrected chi connectivity index (χ1v) is 6.96. The van der Waals surface area contributed by atoms with E-state index in [9.17, 15) is 8.42 Å². The van der Waals surface area contributed by atoms with Crippen molar-refractivity contribution in [3.63, 3.8) is 0 Å². The molecule has 1 aromatic rings. The standard InChI is InChI=1S/C11H17N3O2S/c1-11(5-6-11)14-9-4-3-8(12)7-10(9)17(15,16)13-2/h3-4,7,13-14H,5-6,12H2,1-2H3. The smallest absolute Gasteiger partial charge is 0.242 e. The van der Waals surface area contributed by atoms with Gasteiger partial charge in [-0.1, -0.05) is 0 Å². The number of benzene rings is 1. The molecule has 0 atom stereocenters. The molecule has 1 aliphatic carbocycles. The van der Waals surface area contributed by atoms with E-state index < -0.39 is 10.0 Å². The molecule has 0 bridgehead atoms. The van der Waals surface area contributed by atoms with Crippen LogP contribution in [0.5, 0.6) is 0 Å². The quantitative estimate of drug-likeness (QED) is 0.704. The summed E-state index contributed by atoms with van der Waals surface area (Å²) in [5, 5.41) is 3.25. The van der Waals surface area contributed by atoms with Crippen molar-refractivity contribution in [2.24, 2.45) is 0 Å². The van der Waals surface area contributed by atoms with Gasteiger partial charge in [-0.3, -0.25) is 0 Å². The molecule has 0 saturated heterocycles. The van der Waals surface area contributed by atoms with E-state index >= 15 is 0 Å². The molecule has 4 N–H and O–H groups in total. The number of hydrogen-bond acceptors (Lipinski definition) is 4. The van der Waals surface area contributed by atoms with Crippen LogP contribution in [0.4, 0.5) is 11.4 Å². The van der Waals surface area contributed by atoms with E-state index in [0.717, 1.165) is 12.8 Å². The summed E-state index contributed by atoms with van der Waals surface area (Å²) in [5.74, 6) is 0. The SMILES string of the molecule is CNS(=O)(=O)c1cc(N)ccc1NC1(C)CC1. The second-order valence-corrected chi connectivity index (χ2v) is 6.50. The van der Waals surface area contributed by atoms with E-state index in [-0.39, 0.29) is 10.4 Å². The topological polar surface area (TPSA) is 84.2 Å². The predicted molar refractivity (Wildman–Crippen MR) is 68.4 cm³/mol. The zero-order chi connectivity index (χ0) is 12.7. The minimum Gasteiger partial charge on any atom is -0.399 e. The molecule has 0 spiro atoms. The Morgan fingerprint density at radius 2 is 2.00 bits per heavy atom. The molecular formula is C11H17N3O2S. The highest BCUT2D eigenvalue weighted by Gasteiger charge is 2.38. The molecule has 0 amide bonds. The molecule has 2 rings (SSSR count). The fourth-order valence-corrected chi connectivity index (χ4v) is 2.53. The van der Waals surface area contributed by atoms with Crippen LogP contribution in [0, 0.1) is 0 Å². The van der Waals surface area contributed by atoms with E-state index in [1.807, 2.05) is 0 Å². The van der Waals surface area contributed by atoms with Crippen LogP contribution in [0.25, 0.3) is 0 Å². The van der Waals surface area contributed by atoms with E-state index in [1.165, 1.54) is 13.1 Å². The van der Waals surface area contributed by atoms with Crippen LogP contribution in [-0.2, 0) is 10.0 Å². The Morgan fingerprint density at radius 3 is 2.53 bits per heavy atom. The van der Waals surface area contributed by atoms with Crippen molar-refractivity contribution in [2.45, 2.75) is 30.2 Å². The van der Waals surface area contributed by atoms with Gasteiger partial charge in [0.1, 0.15) is 4.90 Å². The fraction of sp³-hybridized carbons (Fsp3) is 0.455. The maximum absolute atomic E-state index is 11.9. The Kier molecular flexibility index (Phi) is 2.79. The first-order chi connectivity index (χ1) is 7.86. The van der Waals surface area contributed by atoms with Gasteiger partial charge in [-0.05, 0) is 45.0 Å². The third-order valence-corrected chi connectivity index (χ3v) is 4.45. The predicted octanol–water partition coefficient (Wildman–Crippen LogP) is 1.14. The largest absolute Gasteiger partial charge is 0.399 e. The molecule has 0 radical (unpaired) electrons. The Balaban J connectivity index is 2.44. The van der Waals surface area contributed by atoms with E-state index in [4.69, 9.17) is 5.73 Å². The Hall–Kier alpha value is -1.27. The van der Waals surface area contributed by atoms with Crippen LogP contribution in [-0.4, -0.2) is 21.0 Å². The molecule has 0 aliphatic heterocycles. The zero-order valence-corrected chi connectivity index (χ0v) is 10.8. The lowest BCUT2D eigenvalue weighted by atomic mass is 10.2. The van der Waals surface area contributed by atoms with Gasteiger partial charge in [-0.25, -0.2) is 13.1 Å². The number of nitrogens with two attached hydrogens (primary N) is 1. The Morgan fingerprint density at radius 1 is 1.35 bits per heavy atom. The normalized spacial score (nSPS) is 17.8. The van der Waals surface area contributed by atoms with Crippen LogP contribution >= 0.6 is 0 Å². The number of anilines is 2. The van der Waals surface area contributed by atoms with Crippen LogP contribution in [0.15, 0.2) is 23.1 Å². The van der Waals surface area contributed by atoms with Gasteiger partial charge in [-0.2, -0.15) is 0 Å². The highest BCUT2D eigenvalue weighted by Crippen LogP contribution is 2.39. The molecule has 0 heterocycles. The number of sulfonamides is 1. The van der Waals surface area contributed by atoms with Crippen molar-refractivity contribution < 1.29 is 8.42 Å². The van der Waals surface area contributed by atoms with Crippen molar-refractivity contribution in [3.8, 4) is 0 Å². The lowest BCUT2D eigenvalue weighted by Crippen LogP contribution is -2.23. The molecule has 1 fully saturated rings. The van der Waals surface area contributed by atoms with Crippen LogP contribution < -0.4 is 15.8 Å². The Labute approximate surface area is 101 Å². The summed E-state index contributed by atoms with van der Waals surface area (Å²) >= 11 is 0. The summed E-state index contributed by atoms with van der Waals surface area (Å²) < 4.78 is 26.1. The number of hydrogen-bond donors (Lipinski definition) is 3. The second kappa shape index (κ2) is 3.89. The molecular weight excluding hydrogens is 238 g/mol. The average molecular weight is 255 g/mol. The summed E-state index contributed by atoms with van der Waals surface area (Å²) in [6, 6.07) is 4.88. The average Bonchev–Trinajstić information content (AvgIpc) is 2.99. The summed E-state index contributed by atoms with van der Waals surface area (Å²) in [6.45, 7) is 2.07. The van der Waals surface area contributed by atoms with Gasteiger partial charge in [0.15, 0.2) is 0 Å². The van der Waals surface area contributed by atoms with Crippen molar-refractivity contribution in [1.29, 1.82) is 0 Å². The Bertz CT molecular complexity index is 536. The van der Waals surface area contributed by atoms with Gasteiger partial charge in [0.25, 0.3) is 0 Å². The van der Waals surface area contributed by atoms with Gasteiger partial charge in [0.05, 0.1) is 5.69 Å². The van der Waals surface area contributed by atoms with Crippen molar-refractivity contribution in [1.82, 2.24) is 4.72 Å². The van der Waals surface area contributed by atoms with Crippen LogP contribution in [0.2, 0.25) is 0 Å². The lowest BCUT2D eigenvalue weighted by Gasteiger charge is -2.17. The second-order valence-electron chi connectivity index (χ2n) is 4.65. The first kappa shape index (κ1) is 12.2. The van der Waals surface area contributed by atoms with E-state index in [2.05, 4.69) is 17.0 Å². The van der Waals surface area contributed by atoms with Crippen molar-refractivity contribution in [2.75, 3.05) is 18.1 Å². The highest BCUT2D eigenvalue weighted by molar-refractivity contribution is 7.89. The zero-order valence-electron chi connectivity index (χ0n) is 9.95. The molecule has 17 heavy (non-hydrogen) atoms. The minimum absolute atomic E-state index is 0.0220. The number of nitrogens with one attached hydrogen (secondary N) is 2. The molecule has 1 aliphatic rings. The van der Waals surface area contributed by atoms with Gasteiger partial charge >= 0.3 is 0 Å². The third kappa shape index (κ3) is 2.53. The summed E-state index contributed by atoms with van der Waals surface area (Å²) in [6.07, 6.45) is 2.10. The van der Waals surface area contributed by atoms with Gasteiger partial charge in [0.2, 0.25) is 10.0 Å². The summed E-state index contributed by atoms with van der Waals surface area (Å²) in [4.78, 5) is 0.202. The molecule has 1 saturated carbocycles. The van der Waals surface area contributed by atoms with Crippen molar-refractivity contribution in [3.05, 3.63) is 18.2 Å². The minimum atomic E-state index is -3.49. The lowest BCUT2D eigenvalue weighted by molar-refractivity contribution is 0.588. The number of nitrogen functional groups attached to an aromatic ring is 1. The summed E-state index contributed by atoms with van der Waals surface area (Å²) in [7, 11) is -2.10. The summed E-state index contributed by atoms with van der Waals surface area (Å²) in [5.41, 5.74) is 6.70. The highest BCUT2D eigenvalue weighted by atomic mass is 32.2. The fourth-order valence-electron chi connectivity index (χ4n) is 1.61. The monoisotopic (exact) mass is 255 g/mol. The number of rotatable bonds is 4. The molecule has 5 nitrogen and oxygen atoms in total. The molecule has 94 valence electrons. The van der Waals surface area contributed by atoms with Gasteiger partial charge < -0.3 is 11.1 Å².